The number of fused-ring (bicyclic) bond motifs is 2. The molecule has 1 fully saturated rings. The lowest BCUT2D eigenvalue weighted by Gasteiger charge is -2.35. The van der Waals surface area contributed by atoms with Gasteiger partial charge in [-0.25, -0.2) is 0 Å². The maximum absolute atomic E-state index is 13.2. The van der Waals surface area contributed by atoms with Gasteiger partial charge in [-0.15, -0.1) is 13.2 Å². The Morgan fingerprint density at radius 2 is 1.44 bits per heavy atom. The van der Waals surface area contributed by atoms with Crippen molar-refractivity contribution in [2.75, 3.05) is 0 Å². The zero-order valence-corrected chi connectivity index (χ0v) is 19.8. The Morgan fingerprint density at radius 3 is 2.00 bits per heavy atom. The average molecular weight is 488 g/mol. The first kappa shape index (κ1) is 23.0. The van der Waals surface area contributed by atoms with Crippen LogP contribution < -0.4 is 14.2 Å². The molecule has 3 nitrogen and oxygen atoms in total. The number of halogens is 3. The molecule has 7 heteroatoms. The highest BCUT2D eigenvalue weighted by Gasteiger charge is 2.43. The maximum atomic E-state index is 13.2. The van der Waals surface area contributed by atoms with Crippen LogP contribution in [0.15, 0.2) is 81.4 Å². The molecule has 1 saturated carbocycles. The Bertz CT molecular complexity index is 1140. The topological polar surface area (TPSA) is 27.7 Å². The summed E-state index contributed by atoms with van der Waals surface area (Å²) in [5.41, 5.74) is -0.503. The lowest BCUT2D eigenvalue weighted by Crippen LogP contribution is -2.38. The first-order valence-corrected chi connectivity index (χ1v) is 12.7. The molecule has 1 heterocycles. The molecule has 34 heavy (non-hydrogen) atoms. The first-order valence-electron chi connectivity index (χ1n) is 11.4. The molecule has 0 radical (unpaired) electrons. The molecule has 3 aromatic rings. The van der Waals surface area contributed by atoms with E-state index in [9.17, 15) is 13.2 Å². The van der Waals surface area contributed by atoms with Gasteiger partial charge in [0.2, 0.25) is 9.79 Å². The van der Waals surface area contributed by atoms with Crippen molar-refractivity contribution in [3.8, 4) is 23.0 Å². The SMILES string of the molecule is CC(C)C1(Oc2cc([S+]3c4ccccc4Oc4ccccc43)ccc2OC(F)(F)F)CCCC1. The van der Waals surface area contributed by atoms with Gasteiger partial charge >= 0.3 is 6.36 Å². The van der Waals surface area contributed by atoms with Crippen molar-refractivity contribution in [3.63, 3.8) is 0 Å². The summed E-state index contributed by atoms with van der Waals surface area (Å²) in [6, 6.07) is 20.4. The minimum absolute atomic E-state index is 0.138. The molecular weight excluding hydrogens is 461 g/mol. The van der Waals surface area contributed by atoms with Gasteiger partial charge in [0, 0.05) is 6.07 Å². The van der Waals surface area contributed by atoms with Crippen molar-refractivity contribution < 1.29 is 27.4 Å². The van der Waals surface area contributed by atoms with Crippen molar-refractivity contribution in [1.29, 1.82) is 0 Å². The summed E-state index contributed by atoms with van der Waals surface area (Å²) in [4.78, 5) is 2.82. The van der Waals surface area contributed by atoms with Crippen LogP contribution in [0.3, 0.4) is 0 Å². The van der Waals surface area contributed by atoms with Gasteiger partial charge in [-0.3, -0.25) is 0 Å². The number of hydrogen-bond donors (Lipinski definition) is 0. The Hall–Kier alpha value is -2.80. The number of rotatable bonds is 5. The van der Waals surface area contributed by atoms with Gasteiger partial charge in [0.05, 0.1) is 0 Å². The minimum atomic E-state index is -4.81. The number of alkyl halides is 3. The van der Waals surface area contributed by atoms with Gasteiger partial charge in [-0.2, -0.15) is 0 Å². The summed E-state index contributed by atoms with van der Waals surface area (Å²) in [5, 5.41) is 0. The number of para-hydroxylation sites is 2. The van der Waals surface area contributed by atoms with Crippen LogP contribution in [0.25, 0.3) is 0 Å². The van der Waals surface area contributed by atoms with E-state index in [-0.39, 0.29) is 17.4 Å². The molecule has 0 unspecified atom stereocenters. The molecule has 0 amide bonds. The molecule has 0 spiro atoms. The highest BCUT2D eigenvalue weighted by Crippen LogP contribution is 2.49. The van der Waals surface area contributed by atoms with Crippen LogP contribution >= 0.6 is 0 Å². The van der Waals surface area contributed by atoms with Crippen LogP contribution in [-0.4, -0.2) is 12.0 Å². The molecule has 0 atom stereocenters. The molecule has 0 bridgehead atoms. The third kappa shape index (κ3) is 4.33. The van der Waals surface area contributed by atoms with E-state index < -0.39 is 22.9 Å². The summed E-state index contributed by atoms with van der Waals surface area (Å²) in [7, 11) is -0.569. The van der Waals surface area contributed by atoms with Gasteiger partial charge in [0.1, 0.15) is 16.5 Å². The van der Waals surface area contributed by atoms with Gasteiger partial charge in [0.15, 0.2) is 27.9 Å². The summed E-state index contributed by atoms with van der Waals surface area (Å²) in [5.74, 6) is 1.49. The molecular formula is C27H26F3O3S+. The zero-order valence-electron chi connectivity index (χ0n) is 19.0. The molecule has 178 valence electrons. The smallest absolute Gasteiger partial charge is 0.483 e. The van der Waals surface area contributed by atoms with Crippen LogP contribution in [0.4, 0.5) is 13.2 Å². The molecule has 2 aliphatic rings. The molecule has 0 saturated heterocycles. The van der Waals surface area contributed by atoms with Crippen molar-refractivity contribution in [2.45, 2.75) is 66.2 Å². The minimum Gasteiger partial charge on any atom is -0.483 e. The molecule has 0 N–H and O–H groups in total. The van der Waals surface area contributed by atoms with E-state index in [0.29, 0.717) is 0 Å². The molecule has 1 aliphatic heterocycles. The summed E-state index contributed by atoms with van der Waals surface area (Å²) >= 11 is 0. The predicted octanol–water partition coefficient (Wildman–Crippen LogP) is 8.13. The van der Waals surface area contributed by atoms with Crippen molar-refractivity contribution >= 4 is 10.9 Å². The van der Waals surface area contributed by atoms with Crippen molar-refractivity contribution in [2.24, 2.45) is 5.92 Å². The predicted molar refractivity (Wildman–Crippen MR) is 125 cm³/mol. The van der Waals surface area contributed by atoms with E-state index in [4.69, 9.17) is 9.47 Å². The molecule has 1 aliphatic carbocycles. The first-order chi connectivity index (χ1) is 16.3. The van der Waals surface area contributed by atoms with E-state index in [2.05, 4.69) is 18.6 Å². The summed E-state index contributed by atoms with van der Waals surface area (Å²) in [6.45, 7) is 4.12. The van der Waals surface area contributed by atoms with Gasteiger partial charge < -0.3 is 14.2 Å². The standard InChI is InChI=1S/C27H26F3O3S/c1-18(2)26(15-7-8-16-26)32-23-17-19(13-14-20(23)33-27(28,29)30)34-24-11-5-3-9-21(24)31-22-10-4-6-12-25(22)34/h3-6,9-14,17-18H,7-8,15-16H2,1-2H3/q+1. The van der Waals surface area contributed by atoms with E-state index >= 15 is 0 Å². The zero-order chi connectivity index (χ0) is 23.9. The normalized spacial score (nSPS) is 17.1. The fourth-order valence-corrected chi connectivity index (χ4v) is 7.02. The quantitative estimate of drug-likeness (QED) is 0.266. The van der Waals surface area contributed by atoms with E-state index in [1.165, 1.54) is 6.07 Å². The monoisotopic (exact) mass is 487 g/mol. The Balaban J connectivity index is 1.63. The summed E-state index contributed by atoms with van der Waals surface area (Å²) in [6.07, 6.45) is -1.19. The average Bonchev–Trinajstić information content (AvgIpc) is 3.28. The fourth-order valence-electron chi connectivity index (χ4n) is 4.79. The number of benzene rings is 3. The number of ether oxygens (including phenoxy) is 3. The lowest BCUT2D eigenvalue weighted by atomic mass is 9.88. The van der Waals surface area contributed by atoms with E-state index in [1.807, 2.05) is 48.5 Å². The van der Waals surface area contributed by atoms with Crippen molar-refractivity contribution in [1.82, 2.24) is 0 Å². The van der Waals surface area contributed by atoms with Crippen LogP contribution in [0.2, 0.25) is 0 Å². The highest BCUT2D eigenvalue weighted by molar-refractivity contribution is 7.97. The van der Waals surface area contributed by atoms with Gasteiger partial charge in [-0.1, -0.05) is 38.1 Å². The van der Waals surface area contributed by atoms with E-state index in [1.54, 1.807) is 12.1 Å². The molecule has 5 rings (SSSR count). The maximum Gasteiger partial charge on any atom is 0.573 e. The lowest BCUT2D eigenvalue weighted by molar-refractivity contribution is -0.275. The third-order valence-electron chi connectivity index (χ3n) is 6.55. The van der Waals surface area contributed by atoms with Crippen LogP contribution in [0, 0.1) is 5.92 Å². The van der Waals surface area contributed by atoms with Gasteiger partial charge in [0.25, 0.3) is 0 Å². The third-order valence-corrected chi connectivity index (χ3v) is 8.83. The van der Waals surface area contributed by atoms with Gasteiger partial charge in [-0.05, 0) is 68.0 Å². The summed E-state index contributed by atoms with van der Waals surface area (Å²) < 4.78 is 56.7. The van der Waals surface area contributed by atoms with Crippen molar-refractivity contribution in [3.05, 3.63) is 66.7 Å². The molecule has 3 aromatic carbocycles. The van der Waals surface area contributed by atoms with Crippen LogP contribution in [0.5, 0.6) is 23.0 Å². The van der Waals surface area contributed by atoms with E-state index in [0.717, 1.165) is 51.9 Å². The highest BCUT2D eigenvalue weighted by atomic mass is 32.2. The molecule has 0 aromatic heterocycles. The second-order valence-electron chi connectivity index (χ2n) is 8.99. The Morgan fingerprint density at radius 1 is 0.853 bits per heavy atom. The Labute approximate surface area is 200 Å². The second-order valence-corrected chi connectivity index (χ2v) is 11.0. The largest absolute Gasteiger partial charge is 0.573 e. The van der Waals surface area contributed by atoms with Crippen LogP contribution in [-0.2, 0) is 10.9 Å². The van der Waals surface area contributed by atoms with Crippen LogP contribution in [0.1, 0.15) is 39.5 Å². The fraction of sp³-hybridized carbons (Fsp3) is 0.333. The number of hydrogen-bond acceptors (Lipinski definition) is 3. The second kappa shape index (κ2) is 8.77. The Kier molecular flexibility index (Phi) is 5.92.